The van der Waals surface area contributed by atoms with Crippen molar-refractivity contribution in [1.29, 1.82) is 0 Å². The van der Waals surface area contributed by atoms with E-state index in [0.29, 0.717) is 32.6 Å². The van der Waals surface area contributed by atoms with E-state index in [4.69, 9.17) is 0 Å². The first-order valence-corrected chi connectivity index (χ1v) is 9.25. The highest BCUT2D eigenvalue weighted by molar-refractivity contribution is 7.09. The topological polar surface area (TPSA) is 19.4 Å². The Balaban J connectivity index is 1.53. The molecular formula is C18H21F2N3S. The Bertz CT molecular complexity index is 677. The van der Waals surface area contributed by atoms with Crippen molar-refractivity contribution >= 4 is 17.2 Å². The van der Waals surface area contributed by atoms with Gasteiger partial charge in [-0.2, -0.15) is 0 Å². The minimum atomic E-state index is -2.61. The SMILES string of the molecule is FC1(F)CCN(Cc2cccs2)C[C@@]12CCN(c1ccccn1)C2. The normalized spacial score (nSPS) is 27.0. The van der Waals surface area contributed by atoms with Crippen LogP contribution in [0.4, 0.5) is 14.6 Å². The van der Waals surface area contributed by atoms with Gasteiger partial charge in [0.05, 0.1) is 5.41 Å². The lowest BCUT2D eigenvalue weighted by Gasteiger charge is -2.45. The van der Waals surface area contributed by atoms with Crippen LogP contribution in [0.25, 0.3) is 0 Å². The van der Waals surface area contributed by atoms with E-state index in [1.807, 2.05) is 34.5 Å². The van der Waals surface area contributed by atoms with Crippen LogP contribution in [0.5, 0.6) is 0 Å². The van der Waals surface area contributed by atoms with Crippen molar-refractivity contribution in [2.75, 3.05) is 31.1 Å². The van der Waals surface area contributed by atoms with Crippen LogP contribution in [0.1, 0.15) is 17.7 Å². The Labute approximate surface area is 144 Å². The Morgan fingerprint density at radius 1 is 1.08 bits per heavy atom. The number of piperidine rings is 1. The van der Waals surface area contributed by atoms with Gasteiger partial charge in [0.25, 0.3) is 5.92 Å². The number of halogens is 2. The maximum atomic E-state index is 14.8. The van der Waals surface area contributed by atoms with Gasteiger partial charge in [0.1, 0.15) is 5.82 Å². The zero-order valence-electron chi connectivity index (χ0n) is 13.5. The second-order valence-corrected chi connectivity index (χ2v) is 7.92. The van der Waals surface area contributed by atoms with Crippen molar-refractivity contribution in [3.8, 4) is 0 Å². The number of thiophene rings is 1. The number of hydrogen-bond acceptors (Lipinski definition) is 4. The van der Waals surface area contributed by atoms with Gasteiger partial charge in [-0.15, -0.1) is 11.3 Å². The molecule has 0 bridgehead atoms. The molecule has 6 heteroatoms. The number of pyridine rings is 1. The maximum Gasteiger partial charge on any atom is 0.257 e. The molecule has 0 amide bonds. The van der Waals surface area contributed by atoms with Gasteiger partial charge in [0.15, 0.2) is 0 Å². The molecule has 0 N–H and O–H groups in total. The minimum Gasteiger partial charge on any atom is -0.356 e. The van der Waals surface area contributed by atoms with E-state index in [1.54, 1.807) is 17.5 Å². The number of likely N-dealkylation sites (tertiary alicyclic amines) is 1. The molecule has 4 rings (SSSR count). The van der Waals surface area contributed by atoms with Gasteiger partial charge in [-0.25, -0.2) is 13.8 Å². The van der Waals surface area contributed by atoms with Crippen LogP contribution in [0.15, 0.2) is 41.9 Å². The largest absolute Gasteiger partial charge is 0.356 e. The Hall–Kier alpha value is -1.53. The van der Waals surface area contributed by atoms with Crippen molar-refractivity contribution in [1.82, 2.24) is 9.88 Å². The van der Waals surface area contributed by atoms with Crippen LogP contribution in [0.3, 0.4) is 0 Å². The van der Waals surface area contributed by atoms with E-state index in [1.165, 1.54) is 4.88 Å². The van der Waals surface area contributed by atoms with Crippen LogP contribution in [-0.4, -0.2) is 42.0 Å². The molecule has 128 valence electrons. The number of aromatic nitrogens is 1. The summed E-state index contributed by atoms with van der Waals surface area (Å²) in [6, 6.07) is 9.78. The summed E-state index contributed by atoms with van der Waals surface area (Å²) in [6.45, 7) is 2.74. The predicted octanol–water partition coefficient (Wildman–Crippen LogP) is 3.88. The lowest BCUT2D eigenvalue weighted by atomic mass is 9.75. The zero-order valence-corrected chi connectivity index (χ0v) is 14.3. The van der Waals surface area contributed by atoms with Gasteiger partial charge in [-0.1, -0.05) is 12.1 Å². The molecule has 0 saturated carbocycles. The predicted molar refractivity (Wildman–Crippen MR) is 92.7 cm³/mol. The number of hydrogen-bond donors (Lipinski definition) is 0. The first-order chi connectivity index (χ1) is 11.6. The summed E-state index contributed by atoms with van der Waals surface area (Å²) in [5, 5.41) is 2.04. The van der Waals surface area contributed by atoms with Crippen molar-refractivity contribution in [3.05, 3.63) is 46.8 Å². The second-order valence-electron chi connectivity index (χ2n) is 6.88. The van der Waals surface area contributed by atoms with E-state index >= 15 is 0 Å². The molecule has 24 heavy (non-hydrogen) atoms. The number of alkyl halides is 2. The summed E-state index contributed by atoms with van der Waals surface area (Å²) >= 11 is 1.70. The molecule has 2 saturated heterocycles. The third-order valence-corrected chi connectivity index (χ3v) is 6.19. The van der Waals surface area contributed by atoms with Crippen LogP contribution in [0.2, 0.25) is 0 Å². The molecule has 2 aliphatic rings. The molecule has 0 aliphatic carbocycles. The third kappa shape index (κ3) is 2.82. The van der Waals surface area contributed by atoms with Gasteiger partial charge in [0.2, 0.25) is 0 Å². The molecule has 2 aliphatic heterocycles. The van der Waals surface area contributed by atoms with Crippen molar-refractivity contribution in [2.45, 2.75) is 25.3 Å². The fourth-order valence-corrected chi connectivity index (χ4v) is 4.73. The monoisotopic (exact) mass is 349 g/mol. The Morgan fingerprint density at radius 2 is 2.00 bits per heavy atom. The molecule has 1 spiro atoms. The first kappa shape index (κ1) is 16.0. The van der Waals surface area contributed by atoms with Crippen LogP contribution >= 0.6 is 11.3 Å². The first-order valence-electron chi connectivity index (χ1n) is 8.37. The molecular weight excluding hydrogens is 328 g/mol. The second kappa shape index (κ2) is 6.08. The molecule has 3 nitrogen and oxygen atoms in total. The Kier molecular flexibility index (Phi) is 4.04. The summed E-state index contributed by atoms with van der Waals surface area (Å²) in [5.41, 5.74) is -0.958. The molecule has 2 fully saturated rings. The van der Waals surface area contributed by atoms with Gasteiger partial charge in [-0.05, 0) is 30.0 Å². The molecule has 4 heterocycles. The molecule has 0 aromatic carbocycles. The smallest absolute Gasteiger partial charge is 0.257 e. The van der Waals surface area contributed by atoms with Crippen molar-refractivity contribution < 1.29 is 8.78 Å². The summed E-state index contributed by atoms with van der Waals surface area (Å²) in [5.74, 6) is -1.80. The van der Waals surface area contributed by atoms with Crippen LogP contribution in [0, 0.1) is 5.41 Å². The van der Waals surface area contributed by atoms with E-state index in [-0.39, 0.29) is 6.42 Å². The number of anilines is 1. The molecule has 0 unspecified atom stereocenters. The van der Waals surface area contributed by atoms with Crippen molar-refractivity contribution in [2.24, 2.45) is 5.41 Å². The fourth-order valence-electron chi connectivity index (χ4n) is 3.98. The van der Waals surface area contributed by atoms with Crippen LogP contribution in [-0.2, 0) is 6.54 Å². The molecule has 1 atom stereocenters. The molecule has 0 radical (unpaired) electrons. The highest BCUT2D eigenvalue weighted by Crippen LogP contribution is 2.50. The zero-order chi connectivity index (χ0) is 16.6. The lowest BCUT2D eigenvalue weighted by Crippen LogP contribution is -2.56. The summed E-state index contributed by atoms with van der Waals surface area (Å²) < 4.78 is 29.7. The lowest BCUT2D eigenvalue weighted by molar-refractivity contribution is -0.158. The fraction of sp³-hybridized carbons (Fsp3) is 0.500. The highest BCUT2D eigenvalue weighted by atomic mass is 32.1. The van der Waals surface area contributed by atoms with E-state index in [9.17, 15) is 8.78 Å². The van der Waals surface area contributed by atoms with Crippen LogP contribution < -0.4 is 4.90 Å². The van der Waals surface area contributed by atoms with Gasteiger partial charge < -0.3 is 4.90 Å². The van der Waals surface area contributed by atoms with Gasteiger partial charge >= 0.3 is 0 Å². The van der Waals surface area contributed by atoms with Gasteiger partial charge in [-0.3, -0.25) is 4.90 Å². The minimum absolute atomic E-state index is 0.0472. The standard InChI is InChI=1S/C18H21F2N3S/c19-18(20)7-9-22(12-15-4-3-11-24-15)13-17(18)6-10-23(14-17)16-5-1-2-8-21-16/h1-5,8,11H,6-7,9-10,12-14H2/t17-/m1/s1. The van der Waals surface area contributed by atoms with E-state index < -0.39 is 11.3 Å². The number of rotatable bonds is 3. The summed E-state index contributed by atoms with van der Waals surface area (Å²) in [7, 11) is 0. The third-order valence-electron chi connectivity index (χ3n) is 5.33. The molecule has 2 aromatic rings. The average molecular weight is 349 g/mol. The highest BCUT2D eigenvalue weighted by Gasteiger charge is 2.59. The van der Waals surface area contributed by atoms with E-state index in [0.717, 1.165) is 12.4 Å². The average Bonchev–Trinajstić information content (AvgIpc) is 3.23. The molecule has 2 aromatic heterocycles. The van der Waals surface area contributed by atoms with Crippen molar-refractivity contribution in [3.63, 3.8) is 0 Å². The quantitative estimate of drug-likeness (QED) is 0.838. The summed E-state index contributed by atoms with van der Waals surface area (Å²) in [6.07, 6.45) is 2.20. The van der Waals surface area contributed by atoms with E-state index in [2.05, 4.69) is 16.0 Å². The number of nitrogens with zero attached hydrogens (tertiary/aromatic N) is 3. The maximum absolute atomic E-state index is 14.8. The Morgan fingerprint density at radius 3 is 2.75 bits per heavy atom. The van der Waals surface area contributed by atoms with Gasteiger partial charge in [0, 0.05) is 50.2 Å². The summed E-state index contributed by atoms with van der Waals surface area (Å²) in [4.78, 5) is 9.80.